The van der Waals surface area contributed by atoms with Crippen molar-refractivity contribution in [1.82, 2.24) is 5.32 Å². The molecule has 0 unspecified atom stereocenters. The molecule has 1 aromatic heterocycles. The van der Waals surface area contributed by atoms with Crippen LogP contribution in [0.4, 0.5) is 5.69 Å². The molecule has 0 spiro atoms. The van der Waals surface area contributed by atoms with Gasteiger partial charge in [0, 0.05) is 42.6 Å². The number of nitrogens with zero attached hydrogens (tertiary/aromatic N) is 1. The van der Waals surface area contributed by atoms with Crippen molar-refractivity contribution in [3.8, 4) is 0 Å². The molecule has 1 aromatic carbocycles. The fourth-order valence-electron chi connectivity index (χ4n) is 2.00. The van der Waals surface area contributed by atoms with Crippen LogP contribution in [0.1, 0.15) is 15.3 Å². The molecule has 2 rings (SSSR count). The highest BCUT2D eigenvalue weighted by atomic mass is 32.1. The van der Waals surface area contributed by atoms with Crippen LogP contribution < -0.4 is 10.2 Å². The Hall–Kier alpha value is -1.85. The van der Waals surface area contributed by atoms with Crippen LogP contribution in [0.3, 0.4) is 0 Å². The average molecular weight is 304 g/mol. The third-order valence-electron chi connectivity index (χ3n) is 3.12. The predicted molar refractivity (Wildman–Crippen MR) is 87.0 cm³/mol. The fourth-order valence-corrected chi connectivity index (χ4v) is 2.98. The Morgan fingerprint density at radius 1 is 1.10 bits per heavy atom. The Labute approximate surface area is 129 Å². The van der Waals surface area contributed by atoms with Crippen molar-refractivity contribution in [1.29, 1.82) is 0 Å². The molecule has 0 aliphatic carbocycles. The Morgan fingerprint density at radius 2 is 1.76 bits per heavy atom. The van der Waals surface area contributed by atoms with Crippen LogP contribution in [0.5, 0.6) is 0 Å². The van der Waals surface area contributed by atoms with Crippen LogP contribution in [-0.4, -0.2) is 25.2 Å². The van der Waals surface area contributed by atoms with Gasteiger partial charge in [0.15, 0.2) is 0 Å². The van der Waals surface area contributed by atoms with E-state index in [9.17, 15) is 4.79 Å². The molecule has 2 N–H and O–H groups in total. The monoisotopic (exact) mass is 304 g/mol. The van der Waals surface area contributed by atoms with Crippen LogP contribution in [0, 0.1) is 0 Å². The summed E-state index contributed by atoms with van der Waals surface area (Å²) in [5, 5.41) is 12.1. The highest BCUT2D eigenvalue weighted by molar-refractivity contribution is 7.12. The maximum Gasteiger partial charge on any atom is 0.308 e. The molecular weight excluding hydrogens is 284 g/mol. The van der Waals surface area contributed by atoms with Crippen molar-refractivity contribution in [2.45, 2.75) is 19.5 Å². The van der Waals surface area contributed by atoms with Crippen LogP contribution in [0.25, 0.3) is 0 Å². The highest BCUT2D eigenvalue weighted by Crippen LogP contribution is 2.17. The molecule has 0 fully saturated rings. The van der Waals surface area contributed by atoms with E-state index < -0.39 is 5.97 Å². The van der Waals surface area contributed by atoms with Gasteiger partial charge in [-0.1, -0.05) is 12.1 Å². The number of aliphatic carboxylic acids is 1. The number of hydrogen-bond acceptors (Lipinski definition) is 4. The molecule has 1 heterocycles. The molecule has 0 saturated heterocycles. The Bertz CT molecular complexity index is 591. The smallest absolute Gasteiger partial charge is 0.308 e. The van der Waals surface area contributed by atoms with E-state index in [2.05, 4.69) is 34.5 Å². The van der Waals surface area contributed by atoms with Gasteiger partial charge in [-0.3, -0.25) is 4.79 Å². The maximum absolute atomic E-state index is 10.6. The van der Waals surface area contributed by atoms with Gasteiger partial charge in [-0.15, -0.1) is 11.3 Å². The lowest BCUT2D eigenvalue weighted by molar-refractivity contribution is -0.136. The van der Waals surface area contributed by atoms with Gasteiger partial charge in [0.05, 0.1) is 6.42 Å². The lowest BCUT2D eigenvalue weighted by Crippen LogP contribution is -2.12. The first kappa shape index (κ1) is 15.5. The Balaban J connectivity index is 1.81. The summed E-state index contributed by atoms with van der Waals surface area (Å²) in [6.45, 7) is 1.57. The summed E-state index contributed by atoms with van der Waals surface area (Å²) in [4.78, 5) is 14.8. The second kappa shape index (κ2) is 7.24. The zero-order valence-corrected chi connectivity index (χ0v) is 13.1. The normalized spacial score (nSPS) is 10.6. The van der Waals surface area contributed by atoms with E-state index in [0.717, 1.165) is 22.8 Å². The lowest BCUT2D eigenvalue weighted by Gasteiger charge is -2.12. The topological polar surface area (TPSA) is 52.6 Å². The van der Waals surface area contributed by atoms with E-state index in [-0.39, 0.29) is 6.42 Å². The van der Waals surface area contributed by atoms with Gasteiger partial charge in [0.25, 0.3) is 0 Å². The van der Waals surface area contributed by atoms with Crippen LogP contribution in [0.15, 0.2) is 36.4 Å². The summed E-state index contributed by atoms with van der Waals surface area (Å²) in [6.07, 6.45) is 0.108. The van der Waals surface area contributed by atoms with Gasteiger partial charge < -0.3 is 15.3 Å². The van der Waals surface area contributed by atoms with Crippen molar-refractivity contribution in [2.75, 3.05) is 19.0 Å². The third kappa shape index (κ3) is 4.88. The van der Waals surface area contributed by atoms with Crippen LogP contribution in [-0.2, 0) is 24.3 Å². The zero-order chi connectivity index (χ0) is 15.2. The third-order valence-corrected chi connectivity index (χ3v) is 4.21. The zero-order valence-electron chi connectivity index (χ0n) is 12.3. The van der Waals surface area contributed by atoms with E-state index in [1.807, 2.05) is 26.2 Å². The number of nitrogens with one attached hydrogen (secondary N) is 1. The first-order chi connectivity index (χ1) is 10.0. The minimum absolute atomic E-state index is 0.108. The lowest BCUT2D eigenvalue weighted by atomic mass is 10.2. The molecule has 2 aromatic rings. The van der Waals surface area contributed by atoms with E-state index in [0.29, 0.717) is 0 Å². The van der Waals surface area contributed by atoms with Gasteiger partial charge >= 0.3 is 5.97 Å². The summed E-state index contributed by atoms with van der Waals surface area (Å²) in [6, 6.07) is 12.3. The molecule has 0 aliphatic heterocycles. The predicted octanol–water partition coefficient (Wildman–Crippen LogP) is 2.73. The number of anilines is 1. The number of thiophene rings is 1. The van der Waals surface area contributed by atoms with Crippen molar-refractivity contribution in [3.63, 3.8) is 0 Å². The quantitative estimate of drug-likeness (QED) is 0.826. The van der Waals surface area contributed by atoms with Gasteiger partial charge in [0.1, 0.15) is 0 Å². The molecule has 0 radical (unpaired) electrons. The van der Waals surface area contributed by atoms with E-state index in [4.69, 9.17) is 5.11 Å². The summed E-state index contributed by atoms with van der Waals surface area (Å²) in [5.74, 6) is -0.780. The largest absolute Gasteiger partial charge is 0.481 e. The number of carbonyl (C=O) groups is 1. The minimum Gasteiger partial charge on any atom is -0.481 e. The maximum atomic E-state index is 10.6. The molecule has 21 heavy (non-hydrogen) atoms. The van der Waals surface area contributed by atoms with E-state index in [1.165, 1.54) is 11.3 Å². The van der Waals surface area contributed by atoms with Gasteiger partial charge in [-0.05, 0) is 29.8 Å². The summed E-state index contributed by atoms with van der Waals surface area (Å²) >= 11 is 1.55. The molecule has 5 heteroatoms. The minimum atomic E-state index is -0.780. The number of hydrogen-bond donors (Lipinski definition) is 2. The van der Waals surface area contributed by atoms with Gasteiger partial charge in [-0.25, -0.2) is 0 Å². The molecule has 4 nitrogen and oxygen atoms in total. The Kier molecular flexibility index (Phi) is 5.36. The molecule has 112 valence electrons. The van der Waals surface area contributed by atoms with E-state index >= 15 is 0 Å². The fraction of sp³-hybridized carbons (Fsp3) is 0.312. The first-order valence-corrected chi connectivity index (χ1v) is 7.62. The van der Waals surface area contributed by atoms with Crippen molar-refractivity contribution < 1.29 is 9.90 Å². The first-order valence-electron chi connectivity index (χ1n) is 6.81. The second-order valence-corrected chi connectivity index (χ2v) is 6.36. The number of carboxylic acids is 1. The molecule has 0 bridgehead atoms. The molecule has 0 aliphatic rings. The second-order valence-electron chi connectivity index (χ2n) is 5.10. The summed E-state index contributed by atoms with van der Waals surface area (Å²) in [7, 11) is 4.05. The van der Waals surface area contributed by atoms with Crippen molar-refractivity contribution in [2.24, 2.45) is 0 Å². The molecule has 0 saturated carbocycles. The number of carboxylic acid groups (broad SMARTS) is 1. The van der Waals surface area contributed by atoms with E-state index in [1.54, 1.807) is 11.3 Å². The summed E-state index contributed by atoms with van der Waals surface area (Å²) in [5.41, 5.74) is 2.43. The van der Waals surface area contributed by atoms with Gasteiger partial charge in [-0.2, -0.15) is 0 Å². The summed E-state index contributed by atoms with van der Waals surface area (Å²) < 4.78 is 0. The molecular formula is C16H20N2O2S. The van der Waals surface area contributed by atoms with Gasteiger partial charge in [0.2, 0.25) is 0 Å². The van der Waals surface area contributed by atoms with Crippen LogP contribution in [0.2, 0.25) is 0 Å². The van der Waals surface area contributed by atoms with Crippen molar-refractivity contribution >= 4 is 23.0 Å². The average Bonchev–Trinajstić information content (AvgIpc) is 2.86. The SMILES string of the molecule is CN(C)c1ccc(CNCc2ccc(CC(=O)O)s2)cc1. The van der Waals surface area contributed by atoms with Crippen molar-refractivity contribution in [3.05, 3.63) is 51.7 Å². The Morgan fingerprint density at radius 3 is 2.38 bits per heavy atom. The number of benzene rings is 1. The van der Waals surface area contributed by atoms with Crippen LogP contribution >= 0.6 is 11.3 Å². The number of rotatable bonds is 7. The molecule has 0 amide bonds. The standard InChI is InChI=1S/C16H20N2O2S/c1-18(2)13-5-3-12(4-6-13)10-17-11-15-8-7-14(21-15)9-16(19)20/h3-8,17H,9-11H2,1-2H3,(H,19,20). The highest BCUT2D eigenvalue weighted by Gasteiger charge is 2.04. The molecule has 0 atom stereocenters.